The van der Waals surface area contributed by atoms with Gasteiger partial charge in [0.05, 0.1) is 45.8 Å². The van der Waals surface area contributed by atoms with Crippen molar-refractivity contribution in [2.75, 3.05) is 25.7 Å². The monoisotopic (exact) mass is 1620 g/mol. The van der Waals surface area contributed by atoms with Gasteiger partial charge in [-0.25, -0.2) is 36.8 Å². The highest BCUT2D eigenvalue weighted by molar-refractivity contribution is 7.91. The number of rotatable bonds is 26. The van der Waals surface area contributed by atoms with Gasteiger partial charge in [-0.05, 0) is 196 Å². The molecule has 0 radical (unpaired) electrons. The molecule has 0 aliphatic rings. The minimum absolute atomic E-state index is 0. The highest BCUT2D eigenvalue weighted by Gasteiger charge is 2.27. The number of esters is 2. The fourth-order valence-electron chi connectivity index (χ4n) is 12.9. The summed E-state index contributed by atoms with van der Waals surface area (Å²) >= 11 is 0. The smallest absolute Gasteiger partial charge is 0.313 e. The van der Waals surface area contributed by atoms with Gasteiger partial charge in [-0.3, -0.25) is 19.2 Å². The zero-order valence-electron chi connectivity index (χ0n) is 68.7. The Morgan fingerprint density at radius 3 is 0.932 bits per heavy atom. The Labute approximate surface area is 687 Å². The lowest BCUT2D eigenvalue weighted by Crippen LogP contribution is -2.16. The van der Waals surface area contributed by atoms with E-state index in [-0.39, 0.29) is 56.9 Å². The van der Waals surface area contributed by atoms with Crippen LogP contribution in [0.1, 0.15) is 171 Å². The number of carboxylic acid groups (broad SMARTS) is 2. The number of carboxylic acids is 2. The summed E-state index contributed by atoms with van der Waals surface area (Å²) in [5, 5.41) is 38.9. The van der Waals surface area contributed by atoms with Gasteiger partial charge < -0.3 is 48.2 Å². The first kappa shape index (κ1) is 90.8. The van der Waals surface area contributed by atoms with Gasteiger partial charge in [-0.2, -0.15) is 0 Å². The fraction of sp³-hybridized carbons (Fsp3) is 0.312. The molecule has 0 aliphatic carbocycles. The second-order valence-electron chi connectivity index (χ2n) is 30.1. The van der Waals surface area contributed by atoms with E-state index in [9.17, 15) is 51.3 Å². The Hall–Kier alpha value is -11.7. The van der Waals surface area contributed by atoms with E-state index >= 15 is 0 Å². The van der Waals surface area contributed by atoms with Crippen LogP contribution in [0, 0.1) is 13.8 Å². The second kappa shape index (κ2) is 39.3. The van der Waals surface area contributed by atoms with E-state index in [1.54, 1.807) is 75.2 Å². The lowest BCUT2D eigenvalue weighted by Gasteiger charge is -2.13. The third-order valence-electron chi connectivity index (χ3n) is 19.1. The summed E-state index contributed by atoms with van der Waals surface area (Å²) in [6, 6.07) is 59.0. The van der Waals surface area contributed by atoms with Gasteiger partial charge in [0.2, 0.25) is 0 Å². The molecule has 4 heterocycles. The maximum atomic E-state index is 12.2. The van der Waals surface area contributed by atoms with Crippen molar-refractivity contribution in [2.24, 2.45) is 0 Å². The summed E-state index contributed by atoms with van der Waals surface area (Å²) in [7, 11) is -6.63. The van der Waals surface area contributed by atoms with E-state index in [1.165, 1.54) is 23.6 Å². The minimum atomic E-state index is -3.32. The molecule has 0 amide bonds. The quantitative estimate of drug-likeness (QED) is 0.0366. The van der Waals surface area contributed by atoms with E-state index in [0.717, 1.165) is 89.8 Å². The molecule has 4 N–H and O–H groups in total. The Morgan fingerprint density at radius 1 is 0.393 bits per heavy atom. The van der Waals surface area contributed by atoms with Crippen LogP contribution in [0.15, 0.2) is 217 Å². The van der Waals surface area contributed by atoms with Crippen LogP contribution in [0.4, 0.5) is 0 Å². The van der Waals surface area contributed by atoms with E-state index < -0.39 is 42.8 Å². The molecule has 0 saturated heterocycles. The molecule has 0 fully saturated rings. The van der Waals surface area contributed by atoms with Gasteiger partial charge in [0.1, 0.15) is 60.2 Å². The molecule has 117 heavy (non-hydrogen) atoms. The summed E-state index contributed by atoms with van der Waals surface area (Å²) in [4.78, 5) is 65.1. The number of aryl methyl sites for hydroxylation is 4. The summed E-state index contributed by atoms with van der Waals surface area (Å²) in [5.74, 6) is -0.0984. The molecular weight excluding hydrogens is 1520 g/mol. The third kappa shape index (κ3) is 24.2. The topological polar surface area (TPSA) is 307 Å². The van der Waals surface area contributed by atoms with Gasteiger partial charge in [0.25, 0.3) is 0 Å². The van der Waals surface area contributed by atoms with Crippen molar-refractivity contribution in [3.05, 3.63) is 275 Å². The fourth-order valence-corrected chi connectivity index (χ4v) is 14.9. The Morgan fingerprint density at radius 2 is 0.667 bits per heavy atom. The van der Waals surface area contributed by atoms with Crippen LogP contribution in [-0.4, -0.2) is 125 Å². The number of nitrogens with zero attached hydrogens (tertiary/aromatic N) is 8. The largest absolute Gasteiger partial charge is 0.481 e. The number of aliphatic carboxylic acids is 2. The van der Waals surface area contributed by atoms with Gasteiger partial charge >= 0.3 is 23.9 Å². The number of hydrogen-bond acceptors (Lipinski definition) is 16. The van der Waals surface area contributed by atoms with Crippen molar-refractivity contribution in [3.8, 4) is 67.3 Å². The van der Waals surface area contributed by atoms with Crippen molar-refractivity contribution in [3.63, 3.8) is 0 Å². The molecule has 0 spiro atoms. The van der Waals surface area contributed by atoms with Gasteiger partial charge in [-0.15, -0.1) is 0 Å². The zero-order chi connectivity index (χ0) is 84.7. The van der Waals surface area contributed by atoms with Gasteiger partial charge in [-0.1, -0.05) is 181 Å². The predicted octanol–water partition coefficient (Wildman–Crippen LogP) is 17.5. The van der Waals surface area contributed by atoms with Crippen molar-refractivity contribution in [1.29, 1.82) is 0 Å². The minimum Gasteiger partial charge on any atom is -0.481 e. The second-order valence-corrected chi connectivity index (χ2v) is 34.1. The van der Waals surface area contributed by atoms with Crippen molar-refractivity contribution >= 4 is 43.6 Å². The average Bonchev–Trinajstić information content (AvgIpc) is 1.68. The molecule has 12 aromatic rings. The number of aliphatic hydroxyl groups is 2. The molecule has 0 unspecified atom stereocenters. The highest BCUT2D eigenvalue weighted by atomic mass is 32.2. The molecular formula is C93H108N8O14S2. The average molecular weight is 1630 g/mol. The van der Waals surface area contributed by atoms with E-state index in [1.807, 2.05) is 183 Å². The van der Waals surface area contributed by atoms with E-state index in [4.69, 9.17) is 14.6 Å². The standard InChI is InChI=1S/C25H30N2O4S.C23H26N2O4S.C23H26N2O3.C21H22N2O3.CH4/c1-6-18-8-9-20(14-23(18)32(5,29)30)19-10-12-21(13-11-19)27-16-22(17(3)4)26-24(27)15-25(28)31-7-2;1-5-16-6-7-18(12-21(16)30(4,28)29)17-8-10-19(11-9-17)25-14-20(15(2)3)24-22(25)13-23(26)27;1-5-28-22(26)14-21-24-20(23(3,4)27)15-25(21)19-11-9-17(10-12-19)18-8-6-7-16(2)13-18;1-14-5-4-6-16(11-14)15-7-9-17(10-8-15)23-13-18(21(2,3)26)22-19(23)12-20(24)25;/h8-14,16-17H,6-7,15H2,1-5H3;6-12,14-15H,5,13H2,1-4H3,(H,26,27);6-13,15,27H,5,14H2,1-4H3;4-11,13,26H,12H2,1-3H3,(H,24,25);1H4. The lowest BCUT2D eigenvalue weighted by molar-refractivity contribution is -0.143. The maximum Gasteiger partial charge on any atom is 0.313 e. The van der Waals surface area contributed by atoms with Crippen LogP contribution < -0.4 is 0 Å². The number of carbonyl (C=O) groups excluding carboxylic acids is 2. The number of sulfone groups is 2. The van der Waals surface area contributed by atoms with Crippen LogP contribution in [0.3, 0.4) is 0 Å². The predicted molar refractivity (Wildman–Crippen MR) is 459 cm³/mol. The summed E-state index contributed by atoms with van der Waals surface area (Å²) in [6.07, 6.45) is 10.8. The summed E-state index contributed by atoms with van der Waals surface area (Å²) in [6.45, 7) is 27.0. The van der Waals surface area contributed by atoms with Gasteiger partial charge in [0, 0.05) is 60.0 Å². The first-order valence-corrected chi connectivity index (χ1v) is 42.3. The lowest BCUT2D eigenvalue weighted by atomic mass is 10.0. The summed E-state index contributed by atoms with van der Waals surface area (Å²) < 4.78 is 66.2. The number of aromatic nitrogens is 8. The Bertz CT molecular complexity index is 5690. The molecule has 0 bridgehead atoms. The molecule has 0 aliphatic heterocycles. The molecule has 0 saturated carbocycles. The van der Waals surface area contributed by atoms with Crippen molar-refractivity contribution in [1.82, 2.24) is 38.2 Å². The first-order chi connectivity index (χ1) is 54.7. The molecule has 22 nitrogen and oxygen atoms in total. The number of carbonyl (C=O) groups is 4. The normalized spacial score (nSPS) is 11.5. The van der Waals surface area contributed by atoms with Crippen molar-refractivity contribution < 1.29 is 65.9 Å². The number of hydrogen-bond donors (Lipinski definition) is 4. The highest BCUT2D eigenvalue weighted by Crippen LogP contribution is 2.33. The molecule has 616 valence electrons. The van der Waals surface area contributed by atoms with E-state index in [0.29, 0.717) is 70.5 Å². The van der Waals surface area contributed by atoms with Crippen LogP contribution in [0.2, 0.25) is 0 Å². The SMILES string of the molecule is C.CCOC(=O)Cc1nc(C(C)(C)O)cn1-c1ccc(-c2cccc(C)c2)cc1.CCOC(=O)Cc1nc(C(C)C)cn1-c1ccc(-c2ccc(CC)c(S(C)(=O)=O)c2)cc1.CCc1ccc(-c2ccc(-n3cc(C(C)C)nc3CC(=O)O)cc2)cc1S(C)(=O)=O.Cc1cccc(-c2ccc(-n3cc(C(C)(C)O)nc3CC(=O)O)cc2)c1. The Kier molecular flexibility index (Phi) is 30.5. The molecule has 0 atom stereocenters. The maximum absolute atomic E-state index is 12.2. The molecule has 24 heteroatoms. The third-order valence-corrected chi connectivity index (χ3v) is 21.4. The molecule has 4 aromatic heterocycles. The number of imidazole rings is 4. The molecule has 12 rings (SSSR count). The molecule has 8 aromatic carbocycles. The van der Waals surface area contributed by atoms with Crippen molar-refractivity contribution in [2.45, 2.75) is 176 Å². The zero-order valence-corrected chi connectivity index (χ0v) is 70.3. The number of ether oxygens (including phenoxy) is 2. The van der Waals surface area contributed by atoms with E-state index in [2.05, 4.69) is 84.0 Å². The number of benzene rings is 8. The Balaban J connectivity index is 0.000000195. The summed E-state index contributed by atoms with van der Waals surface area (Å²) in [5.41, 5.74) is 15.8. The van der Waals surface area contributed by atoms with Crippen LogP contribution in [0.25, 0.3) is 67.3 Å². The first-order valence-electron chi connectivity index (χ1n) is 38.5. The van der Waals surface area contributed by atoms with Crippen LogP contribution in [-0.2, 0) is 98.1 Å². The van der Waals surface area contributed by atoms with Crippen LogP contribution >= 0.6 is 0 Å². The van der Waals surface area contributed by atoms with Gasteiger partial charge in [0.15, 0.2) is 19.7 Å². The van der Waals surface area contributed by atoms with Crippen LogP contribution in [0.5, 0.6) is 0 Å².